The topological polar surface area (TPSA) is 0 Å². The van der Waals surface area contributed by atoms with E-state index in [2.05, 4.69) is 6.92 Å². The largest absolute Gasteiger partial charge is 0.0622 e. The lowest BCUT2D eigenvalue weighted by Crippen LogP contribution is -2.67. The second-order valence-electron chi connectivity index (χ2n) is 5.86. The summed E-state index contributed by atoms with van der Waals surface area (Å²) >= 11 is 0. The molecular formula is C12H18. The van der Waals surface area contributed by atoms with E-state index >= 15 is 0 Å². The molecular weight excluding hydrogens is 144 g/mol. The van der Waals surface area contributed by atoms with Gasteiger partial charge < -0.3 is 0 Å². The fourth-order valence-electron chi connectivity index (χ4n) is 5.31. The molecule has 0 bridgehead atoms. The molecule has 0 nitrogen and oxygen atoms in total. The summed E-state index contributed by atoms with van der Waals surface area (Å²) in [5.74, 6) is 8.48. The minimum atomic E-state index is 1.10. The molecule has 0 aromatic heterocycles. The van der Waals surface area contributed by atoms with Crippen molar-refractivity contribution in [2.45, 2.75) is 32.6 Å². The van der Waals surface area contributed by atoms with Crippen LogP contribution in [0.3, 0.4) is 0 Å². The Morgan fingerprint density at radius 2 is 1.33 bits per heavy atom. The molecule has 0 aliphatic heterocycles. The van der Waals surface area contributed by atoms with E-state index in [0.717, 1.165) is 5.92 Å². The van der Waals surface area contributed by atoms with Gasteiger partial charge in [-0.3, -0.25) is 0 Å². The SMILES string of the molecule is CC1CCC2C1C1C3CCC3C21. The highest BCUT2D eigenvalue weighted by molar-refractivity contribution is 5.18. The van der Waals surface area contributed by atoms with Crippen molar-refractivity contribution in [2.24, 2.45) is 41.4 Å². The van der Waals surface area contributed by atoms with Gasteiger partial charge in [-0.15, -0.1) is 0 Å². The van der Waals surface area contributed by atoms with Crippen molar-refractivity contribution in [3.05, 3.63) is 0 Å². The summed E-state index contributed by atoms with van der Waals surface area (Å²) in [6, 6.07) is 0. The van der Waals surface area contributed by atoms with Gasteiger partial charge in [-0.2, -0.15) is 0 Å². The van der Waals surface area contributed by atoms with Crippen molar-refractivity contribution in [1.82, 2.24) is 0 Å². The van der Waals surface area contributed by atoms with Gasteiger partial charge in [-0.05, 0) is 60.7 Å². The highest BCUT2D eigenvalue weighted by Crippen LogP contribution is 2.76. The first kappa shape index (κ1) is 6.45. The van der Waals surface area contributed by atoms with Crippen LogP contribution in [0.4, 0.5) is 0 Å². The predicted molar refractivity (Wildman–Crippen MR) is 48.6 cm³/mol. The molecule has 7 atom stereocenters. The second-order valence-corrected chi connectivity index (χ2v) is 5.86. The van der Waals surface area contributed by atoms with Gasteiger partial charge in [0.25, 0.3) is 0 Å². The lowest BCUT2D eigenvalue weighted by molar-refractivity contribution is -0.246. The summed E-state index contributed by atoms with van der Waals surface area (Å²) in [5.41, 5.74) is 0. The fourth-order valence-corrected chi connectivity index (χ4v) is 5.31. The van der Waals surface area contributed by atoms with E-state index in [1.165, 1.54) is 35.5 Å². The van der Waals surface area contributed by atoms with Gasteiger partial charge in [-0.25, -0.2) is 0 Å². The maximum absolute atomic E-state index is 2.51. The summed E-state index contributed by atoms with van der Waals surface area (Å²) in [4.78, 5) is 0. The molecule has 0 heteroatoms. The maximum atomic E-state index is 2.51. The summed E-state index contributed by atoms with van der Waals surface area (Å²) in [6.45, 7) is 2.51. The zero-order chi connectivity index (χ0) is 7.87. The molecule has 0 spiro atoms. The molecule has 4 saturated carbocycles. The molecule has 12 heavy (non-hydrogen) atoms. The molecule has 0 N–H and O–H groups in total. The summed E-state index contributed by atoms with van der Waals surface area (Å²) in [5, 5.41) is 0. The van der Waals surface area contributed by atoms with Gasteiger partial charge in [0.1, 0.15) is 0 Å². The number of hydrogen-bond acceptors (Lipinski definition) is 0. The molecule has 0 saturated heterocycles. The van der Waals surface area contributed by atoms with Crippen molar-refractivity contribution in [1.29, 1.82) is 0 Å². The van der Waals surface area contributed by atoms with Crippen LogP contribution in [-0.2, 0) is 0 Å². The van der Waals surface area contributed by atoms with Gasteiger partial charge in [0.05, 0.1) is 0 Å². The minimum Gasteiger partial charge on any atom is -0.0622 e. The number of fused-ring (bicyclic) bond motifs is 7. The standard InChI is InChI=1S/C12H18/c1-6-2-3-9-10(6)12-8-5-4-7(8)11(9)12/h6-12H,2-5H2,1H3. The predicted octanol–water partition coefficient (Wildman–Crippen LogP) is 2.93. The molecule has 4 aliphatic carbocycles. The molecule has 66 valence electrons. The van der Waals surface area contributed by atoms with Crippen LogP contribution < -0.4 is 0 Å². The highest BCUT2D eigenvalue weighted by atomic mass is 14.7. The van der Waals surface area contributed by atoms with Crippen molar-refractivity contribution < 1.29 is 0 Å². The van der Waals surface area contributed by atoms with Gasteiger partial charge >= 0.3 is 0 Å². The molecule has 4 rings (SSSR count). The normalized spacial score (nSPS) is 71.2. The number of hydrogen-bond donors (Lipinski definition) is 0. The first-order chi connectivity index (χ1) is 5.88. The molecule has 4 fully saturated rings. The van der Waals surface area contributed by atoms with Crippen molar-refractivity contribution in [3.8, 4) is 0 Å². The average molecular weight is 162 g/mol. The third-order valence-corrected chi connectivity index (χ3v) is 5.86. The Morgan fingerprint density at radius 3 is 2.08 bits per heavy atom. The summed E-state index contributed by atoms with van der Waals surface area (Å²) in [7, 11) is 0. The van der Waals surface area contributed by atoms with Crippen molar-refractivity contribution in [3.63, 3.8) is 0 Å². The smallest absolute Gasteiger partial charge is 0.0315 e. The zero-order valence-corrected chi connectivity index (χ0v) is 7.87. The van der Waals surface area contributed by atoms with Crippen LogP contribution in [0.5, 0.6) is 0 Å². The third-order valence-electron chi connectivity index (χ3n) is 5.86. The molecule has 7 unspecified atom stereocenters. The minimum absolute atomic E-state index is 1.10. The first-order valence-corrected chi connectivity index (χ1v) is 5.88. The van der Waals surface area contributed by atoms with Gasteiger partial charge in [-0.1, -0.05) is 13.3 Å². The third kappa shape index (κ3) is 0.459. The van der Waals surface area contributed by atoms with E-state index in [1.807, 2.05) is 0 Å². The number of rotatable bonds is 0. The Hall–Kier alpha value is 0. The van der Waals surface area contributed by atoms with Gasteiger partial charge in [0.15, 0.2) is 0 Å². The van der Waals surface area contributed by atoms with E-state index in [4.69, 9.17) is 0 Å². The fraction of sp³-hybridized carbons (Fsp3) is 1.00. The van der Waals surface area contributed by atoms with Crippen LogP contribution >= 0.6 is 0 Å². The van der Waals surface area contributed by atoms with Crippen LogP contribution in [0.25, 0.3) is 0 Å². The maximum Gasteiger partial charge on any atom is -0.0315 e. The highest BCUT2D eigenvalue weighted by Gasteiger charge is 2.70. The van der Waals surface area contributed by atoms with Crippen LogP contribution in [-0.4, -0.2) is 0 Å². The Balaban J connectivity index is 1.65. The Kier molecular flexibility index (Phi) is 0.946. The van der Waals surface area contributed by atoms with Gasteiger partial charge in [0, 0.05) is 0 Å². The lowest BCUT2D eigenvalue weighted by atomic mass is 9.32. The summed E-state index contributed by atoms with van der Waals surface area (Å²) in [6.07, 6.45) is 6.35. The molecule has 4 aliphatic rings. The molecule has 0 radical (unpaired) electrons. The van der Waals surface area contributed by atoms with E-state index in [0.29, 0.717) is 0 Å². The molecule has 0 aromatic carbocycles. The molecule has 0 aromatic rings. The zero-order valence-electron chi connectivity index (χ0n) is 7.87. The van der Waals surface area contributed by atoms with Crippen LogP contribution in [0.15, 0.2) is 0 Å². The van der Waals surface area contributed by atoms with Gasteiger partial charge in [0.2, 0.25) is 0 Å². The monoisotopic (exact) mass is 162 g/mol. The van der Waals surface area contributed by atoms with E-state index in [-0.39, 0.29) is 0 Å². The molecule has 0 amide bonds. The summed E-state index contributed by atoms with van der Waals surface area (Å²) < 4.78 is 0. The molecule has 0 heterocycles. The quantitative estimate of drug-likeness (QED) is 0.514. The van der Waals surface area contributed by atoms with Crippen molar-refractivity contribution >= 4 is 0 Å². The Bertz CT molecular complexity index is 232. The Morgan fingerprint density at radius 1 is 0.667 bits per heavy atom. The van der Waals surface area contributed by atoms with Crippen LogP contribution in [0, 0.1) is 41.4 Å². The van der Waals surface area contributed by atoms with Crippen LogP contribution in [0.1, 0.15) is 32.6 Å². The van der Waals surface area contributed by atoms with Crippen LogP contribution in [0.2, 0.25) is 0 Å². The van der Waals surface area contributed by atoms with Crippen molar-refractivity contribution in [2.75, 3.05) is 0 Å². The Labute approximate surface area is 74.7 Å². The van der Waals surface area contributed by atoms with E-state index in [1.54, 1.807) is 25.7 Å². The van der Waals surface area contributed by atoms with E-state index in [9.17, 15) is 0 Å². The lowest BCUT2D eigenvalue weighted by Gasteiger charge is -2.72. The second kappa shape index (κ2) is 1.76. The first-order valence-electron chi connectivity index (χ1n) is 5.88. The van der Waals surface area contributed by atoms with E-state index < -0.39 is 0 Å². The average Bonchev–Trinajstić information content (AvgIpc) is 2.32.